The summed E-state index contributed by atoms with van der Waals surface area (Å²) in [4.78, 5) is 0. The Bertz CT molecular complexity index is 1120. The maximum Gasteiger partial charge on any atom is 0.424 e. The Hall–Kier alpha value is -1.28. The minimum absolute atomic E-state index is 0.689. The molecule has 1 saturated carbocycles. The summed E-state index contributed by atoms with van der Waals surface area (Å²) >= 11 is 11.6. The number of hydrogen-bond donors (Lipinski definition) is 0. The first-order valence-corrected chi connectivity index (χ1v) is 12.5. The molecule has 3 nitrogen and oxygen atoms in total. The molecule has 0 saturated heterocycles. The van der Waals surface area contributed by atoms with Crippen LogP contribution < -0.4 is 0 Å². The van der Waals surface area contributed by atoms with E-state index in [9.17, 15) is 21.6 Å². The highest BCUT2D eigenvalue weighted by Crippen LogP contribution is 2.74. The molecule has 0 bridgehead atoms. The number of hydrogen-bond acceptors (Lipinski definition) is 3. The Morgan fingerprint density at radius 2 is 1.56 bits per heavy atom. The fourth-order valence-electron chi connectivity index (χ4n) is 5.02. The second-order valence-electron chi connectivity index (χ2n) is 9.09. The van der Waals surface area contributed by atoms with E-state index >= 15 is 0 Å². The van der Waals surface area contributed by atoms with Crippen molar-refractivity contribution in [2.24, 2.45) is 11.3 Å². The lowest BCUT2D eigenvalue weighted by molar-refractivity contribution is -0.161. The van der Waals surface area contributed by atoms with Crippen LogP contribution in [0.1, 0.15) is 31.9 Å². The van der Waals surface area contributed by atoms with Gasteiger partial charge in [0.25, 0.3) is 10.1 Å². The topological polar surface area (TPSA) is 43.4 Å². The highest BCUT2D eigenvalue weighted by molar-refractivity contribution is 7.86. The third-order valence-corrected chi connectivity index (χ3v) is 8.36. The summed E-state index contributed by atoms with van der Waals surface area (Å²) in [5.41, 5.74) is 1.91. The van der Waals surface area contributed by atoms with Crippen LogP contribution in [0.25, 0.3) is 11.1 Å². The van der Waals surface area contributed by atoms with Crippen molar-refractivity contribution in [2.75, 3.05) is 6.26 Å². The number of rotatable bonds is 6. The monoisotopic (exact) mass is 508 g/mol. The molecule has 0 aromatic heterocycles. The van der Waals surface area contributed by atoms with Gasteiger partial charge >= 0.3 is 6.18 Å². The minimum atomic E-state index is -5.11. The van der Waals surface area contributed by atoms with E-state index in [1.807, 2.05) is 55.5 Å². The first-order valence-electron chi connectivity index (χ1n) is 9.94. The summed E-state index contributed by atoms with van der Waals surface area (Å²) in [6, 6.07) is 15.2. The molecule has 3 atom stereocenters. The maximum absolute atomic E-state index is 13.8. The van der Waals surface area contributed by atoms with E-state index in [1.165, 1.54) is 0 Å². The van der Waals surface area contributed by atoms with Crippen molar-refractivity contribution < 1.29 is 25.8 Å². The zero-order valence-corrected chi connectivity index (χ0v) is 20.6. The first-order chi connectivity index (χ1) is 14.5. The summed E-state index contributed by atoms with van der Waals surface area (Å²) in [6.45, 7) is 7.24. The Balaban J connectivity index is 2.16. The fraction of sp³-hybridized carbons (Fsp3) is 0.478. The molecule has 0 amide bonds. The lowest BCUT2D eigenvalue weighted by atomic mass is 9.83. The summed E-state index contributed by atoms with van der Waals surface area (Å²) in [6.07, 6.45) is -6.44. The second kappa shape index (κ2) is 7.90. The van der Waals surface area contributed by atoms with Gasteiger partial charge in [0.2, 0.25) is 4.33 Å². The lowest BCUT2D eigenvalue weighted by Gasteiger charge is -2.32. The van der Waals surface area contributed by atoms with Gasteiger partial charge in [0, 0.05) is 11.3 Å². The van der Waals surface area contributed by atoms with Gasteiger partial charge in [-0.25, -0.2) is 0 Å². The van der Waals surface area contributed by atoms with Crippen molar-refractivity contribution in [3.8, 4) is 11.1 Å². The third-order valence-electron chi connectivity index (χ3n) is 6.95. The van der Waals surface area contributed by atoms with Crippen LogP contribution in [0, 0.1) is 18.3 Å². The van der Waals surface area contributed by atoms with E-state index in [4.69, 9.17) is 27.4 Å². The molecule has 1 aliphatic carbocycles. The van der Waals surface area contributed by atoms with Crippen LogP contribution in [-0.2, 0) is 19.7 Å². The second-order valence-corrected chi connectivity index (χ2v) is 12.1. The summed E-state index contributed by atoms with van der Waals surface area (Å²) in [5.74, 6) is -0.925. The van der Waals surface area contributed by atoms with Crippen molar-refractivity contribution in [1.29, 1.82) is 0 Å². The van der Waals surface area contributed by atoms with Crippen molar-refractivity contribution in [3.05, 3.63) is 59.7 Å². The molecule has 32 heavy (non-hydrogen) atoms. The molecule has 1 fully saturated rings. The van der Waals surface area contributed by atoms with Crippen molar-refractivity contribution >= 4 is 33.3 Å². The first kappa shape index (κ1) is 25.3. The van der Waals surface area contributed by atoms with Gasteiger partial charge in [0.05, 0.1) is 6.26 Å². The van der Waals surface area contributed by atoms with E-state index in [1.54, 1.807) is 20.8 Å². The number of benzene rings is 2. The van der Waals surface area contributed by atoms with Crippen molar-refractivity contribution in [2.45, 2.75) is 49.7 Å². The molecular weight excluding hydrogens is 484 g/mol. The highest BCUT2D eigenvalue weighted by Gasteiger charge is 2.77. The standard InChI is InChI=1S/C23H25Cl2F3O3S/c1-14-16(15-10-7-6-8-11-15)12-9-13-17(14)21(4)18(20(21,2)3)19(31-32(5,29)30)22(24,25)23(26,27)28/h6-13,18-19H,1-5H3. The zero-order chi connectivity index (χ0) is 24.3. The normalized spacial score (nSPS) is 24.2. The summed E-state index contributed by atoms with van der Waals surface area (Å²) < 4.78 is 66.7. The van der Waals surface area contributed by atoms with Crippen molar-refractivity contribution in [1.82, 2.24) is 0 Å². The van der Waals surface area contributed by atoms with E-state index < -0.39 is 43.5 Å². The van der Waals surface area contributed by atoms with Crippen LogP contribution in [0.2, 0.25) is 0 Å². The van der Waals surface area contributed by atoms with Crippen LogP contribution >= 0.6 is 23.2 Å². The van der Waals surface area contributed by atoms with Gasteiger partial charge in [-0.15, -0.1) is 0 Å². The molecule has 0 spiro atoms. The van der Waals surface area contributed by atoms with Gasteiger partial charge in [-0.05, 0) is 34.6 Å². The molecular formula is C23H25Cl2F3O3S. The molecule has 2 aromatic carbocycles. The van der Waals surface area contributed by atoms with Gasteiger partial charge in [-0.2, -0.15) is 21.6 Å². The largest absolute Gasteiger partial charge is 0.424 e. The predicted molar refractivity (Wildman–Crippen MR) is 121 cm³/mol. The summed E-state index contributed by atoms with van der Waals surface area (Å²) in [5, 5.41) is 0. The number of halogens is 5. The molecule has 0 aliphatic heterocycles. The van der Waals surface area contributed by atoms with Gasteiger partial charge in [-0.1, -0.05) is 92.5 Å². The Morgan fingerprint density at radius 3 is 2.06 bits per heavy atom. The van der Waals surface area contributed by atoms with E-state index in [0.29, 0.717) is 6.26 Å². The Labute approximate surface area is 197 Å². The molecule has 0 heterocycles. The molecule has 9 heteroatoms. The van der Waals surface area contributed by atoms with Crippen LogP contribution in [0.3, 0.4) is 0 Å². The Morgan fingerprint density at radius 1 is 1.00 bits per heavy atom. The number of alkyl halides is 5. The van der Waals surface area contributed by atoms with Gasteiger partial charge in [0.15, 0.2) is 0 Å². The maximum atomic E-state index is 13.8. The third kappa shape index (κ3) is 4.06. The quantitative estimate of drug-likeness (QED) is 0.323. The molecule has 1 aliphatic rings. The Kier molecular flexibility index (Phi) is 6.25. The predicted octanol–water partition coefficient (Wildman–Crippen LogP) is 6.66. The van der Waals surface area contributed by atoms with Crippen LogP contribution in [0.4, 0.5) is 13.2 Å². The van der Waals surface area contributed by atoms with Gasteiger partial charge in [0.1, 0.15) is 6.10 Å². The van der Waals surface area contributed by atoms with Crippen molar-refractivity contribution in [3.63, 3.8) is 0 Å². The lowest BCUT2D eigenvalue weighted by Crippen LogP contribution is -2.49. The average Bonchev–Trinajstić information content (AvgIpc) is 3.11. The summed E-state index contributed by atoms with van der Waals surface area (Å²) in [7, 11) is -4.28. The van der Waals surface area contributed by atoms with Crippen LogP contribution in [-0.4, -0.2) is 31.3 Å². The smallest absolute Gasteiger partial charge is 0.263 e. The average molecular weight is 509 g/mol. The fourth-order valence-corrected chi connectivity index (χ4v) is 6.10. The van der Waals surface area contributed by atoms with E-state index in [-0.39, 0.29) is 0 Å². The molecule has 3 unspecified atom stereocenters. The van der Waals surface area contributed by atoms with Crippen LogP contribution in [0.15, 0.2) is 48.5 Å². The highest BCUT2D eigenvalue weighted by atomic mass is 35.5. The van der Waals surface area contributed by atoms with Gasteiger partial charge < -0.3 is 0 Å². The SMILES string of the molecule is Cc1c(-c2ccccc2)cccc1C1(C)C(C(OS(C)(=O)=O)C(Cl)(Cl)C(F)(F)F)C1(C)C. The van der Waals surface area contributed by atoms with E-state index in [2.05, 4.69) is 0 Å². The molecule has 3 rings (SSSR count). The molecule has 0 radical (unpaired) electrons. The van der Waals surface area contributed by atoms with E-state index in [0.717, 1.165) is 22.3 Å². The molecule has 0 N–H and O–H groups in total. The van der Waals surface area contributed by atoms with Gasteiger partial charge in [-0.3, -0.25) is 4.18 Å². The molecule has 2 aromatic rings. The molecule has 176 valence electrons. The zero-order valence-electron chi connectivity index (χ0n) is 18.3. The van der Waals surface area contributed by atoms with Crippen LogP contribution in [0.5, 0.6) is 0 Å². The minimum Gasteiger partial charge on any atom is -0.263 e.